The van der Waals surface area contributed by atoms with Crippen molar-refractivity contribution < 1.29 is 33.4 Å². The Morgan fingerprint density at radius 3 is 2.25 bits per heavy atom. The van der Waals surface area contributed by atoms with Crippen LogP contribution in [-0.2, 0) is 30.2 Å². The molecule has 0 spiro atoms. The smallest absolute Gasteiger partial charge is 0.262 e. The molecule has 1 N–H and O–H groups in total. The topological polar surface area (TPSA) is 111 Å². The number of benzene rings is 1. The standard InChI is InChI=1S/C23H30N2O7/c1-2-9-30-11-13-32-14-12-31-10-3-4-16-5-6-17-18(15-16)23(29)25(22(17)28)19-7-8-20(26)24-21(19)27/h5-6,15,19H,2-4,7-14H2,1H3,(H,24,26,27). The van der Waals surface area contributed by atoms with Crippen molar-refractivity contribution in [1.82, 2.24) is 10.2 Å². The summed E-state index contributed by atoms with van der Waals surface area (Å²) in [4.78, 5) is 50.0. The zero-order valence-corrected chi connectivity index (χ0v) is 18.4. The van der Waals surface area contributed by atoms with Gasteiger partial charge in [0, 0.05) is 19.6 Å². The van der Waals surface area contributed by atoms with Gasteiger partial charge in [0.2, 0.25) is 11.8 Å². The summed E-state index contributed by atoms with van der Waals surface area (Å²) in [5.41, 5.74) is 1.51. The molecule has 0 radical (unpaired) electrons. The van der Waals surface area contributed by atoms with E-state index in [-0.39, 0.29) is 18.7 Å². The van der Waals surface area contributed by atoms with E-state index in [1.54, 1.807) is 12.1 Å². The molecule has 1 saturated heterocycles. The second-order valence-electron chi connectivity index (χ2n) is 7.77. The summed E-state index contributed by atoms with van der Waals surface area (Å²) in [6.45, 7) is 5.53. The molecule has 9 nitrogen and oxygen atoms in total. The number of nitrogens with zero attached hydrogens (tertiary/aromatic N) is 1. The summed E-state index contributed by atoms with van der Waals surface area (Å²) in [6, 6.07) is 4.21. The molecule has 1 fully saturated rings. The third kappa shape index (κ3) is 5.99. The molecule has 9 heteroatoms. The Balaban J connectivity index is 1.42. The third-order valence-electron chi connectivity index (χ3n) is 5.35. The lowest BCUT2D eigenvalue weighted by molar-refractivity contribution is -0.136. The van der Waals surface area contributed by atoms with E-state index < -0.39 is 23.8 Å². The van der Waals surface area contributed by atoms with Crippen LogP contribution < -0.4 is 5.32 Å². The molecule has 1 unspecified atom stereocenters. The Labute approximate surface area is 187 Å². The Morgan fingerprint density at radius 1 is 0.906 bits per heavy atom. The minimum atomic E-state index is -0.947. The average molecular weight is 447 g/mol. The molecule has 0 bridgehead atoms. The molecule has 3 rings (SSSR count). The van der Waals surface area contributed by atoms with Crippen LogP contribution in [0.25, 0.3) is 0 Å². The molecule has 0 aliphatic carbocycles. The van der Waals surface area contributed by atoms with Gasteiger partial charge in [-0.3, -0.25) is 29.4 Å². The first-order chi connectivity index (χ1) is 15.5. The number of carbonyl (C=O) groups is 4. The van der Waals surface area contributed by atoms with Gasteiger partial charge < -0.3 is 14.2 Å². The fourth-order valence-electron chi connectivity index (χ4n) is 3.74. The van der Waals surface area contributed by atoms with Gasteiger partial charge in [0.1, 0.15) is 6.04 Å². The molecule has 174 valence electrons. The van der Waals surface area contributed by atoms with Gasteiger partial charge in [-0.15, -0.1) is 0 Å². The number of carbonyl (C=O) groups excluding carboxylic acids is 4. The van der Waals surface area contributed by atoms with Crippen molar-refractivity contribution in [2.45, 2.75) is 45.1 Å². The van der Waals surface area contributed by atoms with Crippen LogP contribution >= 0.6 is 0 Å². The first-order valence-electron chi connectivity index (χ1n) is 11.1. The van der Waals surface area contributed by atoms with Crippen LogP contribution in [0, 0.1) is 0 Å². The van der Waals surface area contributed by atoms with E-state index in [9.17, 15) is 19.2 Å². The maximum absolute atomic E-state index is 12.8. The third-order valence-corrected chi connectivity index (χ3v) is 5.35. The van der Waals surface area contributed by atoms with Gasteiger partial charge in [0.25, 0.3) is 11.8 Å². The predicted octanol–water partition coefficient (Wildman–Crippen LogP) is 1.48. The number of hydrogen-bond acceptors (Lipinski definition) is 7. The van der Waals surface area contributed by atoms with E-state index in [2.05, 4.69) is 12.2 Å². The number of rotatable bonds is 13. The fourth-order valence-corrected chi connectivity index (χ4v) is 3.74. The quantitative estimate of drug-likeness (QED) is 0.361. The molecule has 1 aromatic rings. The molecular formula is C23H30N2O7. The average Bonchev–Trinajstić information content (AvgIpc) is 3.02. The Hall–Kier alpha value is -2.62. The van der Waals surface area contributed by atoms with Crippen molar-refractivity contribution in [3.63, 3.8) is 0 Å². The van der Waals surface area contributed by atoms with E-state index >= 15 is 0 Å². The number of ether oxygens (including phenoxy) is 3. The van der Waals surface area contributed by atoms with Gasteiger partial charge >= 0.3 is 0 Å². The summed E-state index contributed by atoms with van der Waals surface area (Å²) < 4.78 is 16.3. The Kier molecular flexibility index (Phi) is 8.90. The molecule has 0 saturated carbocycles. The Morgan fingerprint density at radius 2 is 1.56 bits per heavy atom. The lowest BCUT2D eigenvalue weighted by atomic mass is 10.0. The van der Waals surface area contributed by atoms with Crippen molar-refractivity contribution >= 4 is 23.6 Å². The zero-order chi connectivity index (χ0) is 22.9. The van der Waals surface area contributed by atoms with Crippen LogP contribution in [0.4, 0.5) is 0 Å². The SMILES string of the molecule is CCCOCCOCCOCCCc1ccc2c(c1)C(=O)N(C1CCC(=O)NC1=O)C2=O. The number of aryl methyl sites for hydroxylation is 1. The van der Waals surface area contributed by atoms with E-state index in [4.69, 9.17) is 14.2 Å². The molecule has 0 aromatic heterocycles. The van der Waals surface area contributed by atoms with E-state index in [0.29, 0.717) is 50.6 Å². The summed E-state index contributed by atoms with van der Waals surface area (Å²) in [5.74, 6) is -1.97. The molecule has 2 aliphatic heterocycles. The summed E-state index contributed by atoms with van der Waals surface area (Å²) in [5, 5.41) is 2.20. The number of fused-ring (bicyclic) bond motifs is 1. The molecule has 32 heavy (non-hydrogen) atoms. The first kappa shape index (κ1) is 24.0. The molecular weight excluding hydrogens is 416 g/mol. The van der Waals surface area contributed by atoms with Crippen molar-refractivity contribution in [3.05, 3.63) is 34.9 Å². The second kappa shape index (κ2) is 11.8. The fraction of sp³-hybridized carbons (Fsp3) is 0.565. The molecule has 2 heterocycles. The van der Waals surface area contributed by atoms with Crippen LogP contribution in [0.1, 0.15) is 58.9 Å². The largest absolute Gasteiger partial charge is 0.379 e. The van der Waals surface area contributed by atoms with Crippen molar-refractivity contribution in [3.8, 4) is 0 Å². The lowest BCUT2D eigenvalue weighted by Crippen LogP contribution is -2.54. The van der Waals surface area contributed by atoms with E-state index in [1.807, 2.05) is 6.07 Å². The van der Waals surface area contributed by atoms with Crippen LogP contribution in [-0.4, -0.2) is 74.2 Å². The highest BCUT2D eigenvalue weighted by atomic mass is 16.5. The number of nitrogens with one attached hydrogen (secondary N) is 1. The maximum Gasteiger partial charge on any atom is 0.262 e. The van der Waals surface area contributed by atoms with Gasteiger partial charge in [0.05, 0.1) is 37.6 Å². The van der Waals surface area contributed by atoms with E-state index in [0.717, 1.165) is 29.9 Å². The molecule has 1 aromatic carbocycles. The van der Waals surface area contributed by atoms with Crippen molar-refractivity contribution in [2.75, 3.05) is 39.6 Å². The maximum atomic E-state index is 12.8. The van der Waals surface area contributed by atoms with Crippen LogP contribution in [0.15, 0.2) is 18.2 Å². The lowest BCUT2D eigenvalue weighted by Gasteiger charge is -2.27. The highest BCUT2D eigenvalue weighted by molar-refractivity contribution is 6.23. The normalized spacial score (nSPS) is 18.3. The highest BCUT2D eigenvalue weighted by Gasteiger charge is 2.44. The van der Waals surface area contributed by atoms with Crippen molar-refractivity contribution in [2.24, 2.45) is 0 Å². The number of amides is 4. The minimum Gasteiger partial charge on any atom is -0.379 e. The van der Waals surface area contributed by atoms with E-state index in [1.165, 1.54) is 0 Å². The second-order valence-corrected chi connectivity index (χ2v) is 7.77. The van der Waals surface area contributed by atoms with Gasteiger partial charge in [-0.2, -0.15) is 0 Å². The van der Waals surface area contributed by atoms with Crippen LogP contribution in [0.2, 0.25) is 0 Å². The number of hydrogen-bond donors (Lipinski definition) is 1. The Bertz CT molecular complexity index is 855. The molecule has 2 aliphatic rings. The van der Waals surface area contributed by atoms with Gasteiger partial charge in [-0.25, -0.2) is 0 Å². The van der Waals surface area contributed by atoms with Gasteiger partial charge in [-0.05, 0) is 43.4 Å². The van der Waals surface area contributed by atoms with Crippen LogP contribution in [0.5, 0.6) is 0 Å². The van der Waals surface area contributed by atoms with Crippen LogP contribution in [0.3, 0.4) is 0 Å². The summed E-state index contributed by atoms with van der Waals surface area (Å²) in [7, 11) is 0. The van der Waals surface area contributed by atoms with Crippen molar-refractivity contribution in [1.29, 1.82) is 0 Å². The number of imide groups is 2. The van der Waals surface area contributed by atoms with Gasteiger partial charge in [0.15, 0.2) is 0 Å². The predicted molar refractivity (Wildman–Crippen MR) is 114 cm³/mol. The monoisotopic (exact) mass is 446 g/mol. The summed E-state index contributed by atoms with van der Waals surface area (Å²) in [6.07, 6.45) is 2.70. The zero-order valence-electron chi connectivity index (χ0n) is 18.4. The molecule has 4 amide bonds. The number of piperidine rings is 1. The highest BCUT2D eigenvalue weighted by Crippen LogP contribution is 2.28. The molecule has 1 atom stereocenters. The van der Waals surface area contributed by atoms with Gasteiger partial charge in [-0.1, -0.05) is 13.0 Å². The summed E-state index contributed by atoms with van der Waals surface area (Å²) >= 11 is 0. The first-order valence-corrected chi connectivity index (χ1v) is 11.1. The minimum absolute atomic E-state index is 0.104.